The van der Waals surface area contributed by atoms with Crippen molar-refractivity contribution in [2.24, 2.45) is 0 Å². The number of benzene rings is 1. The quantitative estimate of drug-likeness (QED) is 0.777. The van der Waals surface area contributed by atoms with Gasteiger partial charge in [-0.15, -0.1) is 16.4 Å². The van der Waals surface area contributed by atoms with Gasteiger partial charge in [0.05, 0.1) is 5.56 Å². The Labute approximate surface area is 138 Å². The van der Waals surface area contributed by atoms with Crippen molar-refractivity contribution in [2.75, 3.05) is 0 Å². The monoisotopic (exact) mass is 347 g/mol. The summed E-state index contributed by atoms with van der Waals surface area (Å²) >= 11 is 1.28. The number of halogens is 3. The lowest BCUT2D eigenvalue weighted by Crippen LogP contribution is -2.04. The predicted octanol–water partition coefficient (Wildman–Crippen LogP) is 3.99. The first-order valence-electron chi connectivity index (χ1n) is 6.60. The number of alkyl halides is 3. The summed E-state index contributed by atoms with van der Waals surface area (Å²) in [6, 6.07) is 6.93. The molecule has 3 rings (SSSR count). The van der Waals surface area contributed by atoms with Gasteiger partial charge in [0.2, 0.25) is 0 Å². The summed E-state index contributed by atoms with van der Waals surface area (Å²) in [4.78, 5) is 4.28. The third-order valence-electron chi connectivity index (χ3n) is 3.06. The van der Waals surface area contributed by atoms with E-state index in [9.17, 15) is 13.2 Å². The Balaban J connectivity index is 1.83. The number of hydrogen-bond donors (Lipinski definition) is 1. The van der Waals surface area contributed by atoms with Crippen LogP contribution in [0.15, 0.2) is 29.6 Å². The summed E-state index contributed by atoms with van der Waals surface area (Å²) in [7, 11) is 0. The van der Waals surface area contributed by atoms with Crippen molar-refractivity contribution in [3.05, 3.63) is 51.5 Å². The highest BCUT2D eigenvalue weighted by Crippen LogP contribution is 2.30. The van der Waals surface area contributed by atoms with Gasteiger partial charge in [-0.3, -0.25) is 0 Å². The molecule has 0 spiro atoms. The summed E-state index contributed by atoms with van der Waals surface area (Å²) in [5.74, 6) is 0. The zero-order valence-corrected chi connectivity index (χ0v) is 12.7. The molecule has 0 fully saturated rings. The van der Waals surface area contributed by atoms with E-state index in [1.165, 1.54) is 17.4 Å². The van der Waals surface area contributed by atoms with Crippen molar-refractivity contribution in [3.63, 3.8) is 0 Å². The molecule has 120 valence electrons. The molecule has 2 heterocycles. The molecule has 5 nitrogen and oxygen atoms in total. The molecule has 2 aromatic heterocycles. The molecule has 0 atom stereocenters. The maximum Gasteiger partial charge on any atom is 0.416 e. The van der Waals surface area contributed by atoms with Crippen molar-refractivity contribution in [3.8, 4) is 17.5 Å². The lowest BCUT2D eigenvalue weighted by Gasteiger charge is -2.06. The van der Waals surface area contributed by atoms with E-state index in [-0.39, 0.29) is 5.69 Å². The summed E-state index contributed by atoms with van der Waals surface area (Å²) < 4.78 is 38.1. The summed E-state index contributed by atoms with van der Waals surface area (Å²) in [6.07, 6.45) is -1.22. The zero-order valence-electron chi connectivity index (χ0n) is 11.9. The second-order valence-electron chi connectivity index (χ2n) is 4.67. The molecule has 1 aromatic carbocycles. The van der Waals surface area contributed by atoms with E-state index >= 15 is 0 Å². The highest BCUT2D eigenvalue weighted by atomic mass is 32.1. The van der Waals surface area contributed by atoms with Crippen molar-refractivity contribution < 1.29 is 13.2 Å². The Morgan fingerprint density at radius 1 is 1.25 bits per heavy atom. The van der Waals surface area contributed by atoms with Gasteiger partial charge in [-0.05, 0) is 23.8 Å². The molecule has 3 aromatic rings. The molecule has 9 heteroatoms. The molecular weight excluding hydrogens is 339 g/mol. The first-order chi connectivity index (χ1) is 11.5. The van der Waals surface area contributed by atoms with Crippen molar-refractivity contribution in [1.29, 1.82) is 5.26 Å². The number of H-pyrrole nitrogens is 1. The van der Waals surface area contributed by atoms with Gasteiger partial charge in [-0.1, -0.05) is 23.4 Å². The van der Waals surface area contributed by atoms with Crippen molar-refractivity contribution >= 4 is 23.5 Å². The van der Waals surface area contributed by atoms with Crippen LogP contribution in [-0.2, 0) is 6.18 Å². The molecule has 0 bridgehead atoms. The topological polar surface area (TPSA) is 78.2 Å². The highest BCUT2D eigenvalue weighted by Gasteiger charge is 2.30. The van der Waals surface area contributed by atoms with Crippen LogP contribution in [0.2, 0.25) is 0 Å². The molecule has 0 aliphatic heterocycles. The Kier molecular flexibility index (Phi) is 4.14. The number of nitrogens with one attached hydrogen (secondary N) is 1. The van der Waals surface area contributed by atoms with Crippen molar-refractivity contribution in [2.45, 2.75) is 6.18 Å². The van der Waals surface area contributed by atoms with Crippen LogP contribution < -0.4 is 0 Å². The minimum Gasteiger partial charge on any atom is -0.247 e. The Morgan fingerprint density at radius 3 is 2.83 bits per heavy atom. The number of nitrogens with zero attached hydrogens (tertiary/aromatic N) is 4. The van der Waals surface area contributed by atoms with Gasteiger partial charge in [0.25, 0.3) is 0 Å². The molecule has 0 saturated carbocycles. The van der Waals surface area contributed by atoms with Crippen LogP contribution in [-0.4, -0.2) is 20.4 Å². The molecule has 24 heavy (non-hydrogen) atoms. The maximum absolute atomic E-state index is 12.7. The number of aromatic amines is 1. The molecule has 0 amide bonds. The second-order valence-corrected chi connectivity index (χ2v) is 5.56. The number of nitriles is 1. The Bertz CT molecular complexity index is 933. The number of rotatable bonds is 3. The molecule has 0 saturated heterocycles. The largest absolute Gasteiger partial charge is 0.416 e. The van der Waals surface area contributed by atoms with Gasteiger partial charge in [-0.25, -0.2) is 10.1 Å². The first kappa shape index (κ1) is 15.9. The normalized spacial score (nSPS) is 11.8. The number of hydrogen-bond acceptors (Lipinski definition) is 5. The standard InChI is InChI=1S/C15H8F3N5S/c16-15(17,18)10-3-1-2-9(6-10)4-5-13-20-12(8-24-13)14-11(7-19)21-23-22-14/h1-6,8H,(H,21,22,23)/b5-4+. The van der Waals surface area contributed by atoms with Crippen LogP contribution in [0.5, 0.6) is 0 Å². The lowest BCUT2D eigenvalue weighted by atomic mass is 10.1. The average Bonchev–Trinajstić information content (AvgIpc) is 3.21. The SMILES string of the molecule is N#Cc1[nH]nnc1-c1csc(/C=C/c2cccc(C(F)(F)F)c2)n1. The highest BCUT2D eigenvalue weighted by molar-refractivity contribution is 7.10. The van der Waals surface area contributed by atoms with E-state index in [1.54, 1.807) is 23.6 Å². The van der Waals surface area contributed by atoms with E-state index in [0.29, 0.717) is 22.0 Å². The zero-order chi connectivity index (χ0) is 17.2. The Hall–Kier alpha value is -2.99. The smallest absolute Gasteiger partial charge is 0.247 e. The predicted molar refractivity (Wildman–Crippen MR) is 82.6 cm³/mol. The van der Waals surface area contributed by atoms with Crippen LogP contribution in [0.1, 0.15) is 21.8 Å². The van der Waals surface area contributed by atoms with Gasteiger partial charge in [0.15, 0.2) is 5.69 Å². The van der Waals surface area contributed by atoms with Gasteiger partial charge >= 0.3 is 6.18 Å². The fourth-order valence-corrected chi connectivity index (χ4v) is 2.64. The third kappa shape index (κ3) is 3.33. The average molecular weight is 347 g/mol. The van der Waals surface area contributed by atoms with E-state index in [1.807, 2.05) is 6.07 Å². The molecular formula is C15H8F3N5S. The van der Waals surface area contributed by atoms with Crippen LogP contribution in [0.4, 0.5) is 13.2 Å². The number of aromatic nitrogens is 4. The van der Waals surface area contributed by atoms with Crippen LogP contribution >= 0.6 is 11.3 Å². The molecule has 0 unspecified atom stereocenters. The fraction of sp³-hybridized carbons (Fsp3) is 0.0667. The van der Waals surface area contributed by atoms with Crippen LogP contribution in [0.25, 0.3) is 23.5 Å². The van der Waals surface area contributed by atoms with E-state index in [0.717, 1.165) is 12.1 Å². The van der Waals surface area contributed by atoms with Crippen molar-refractivity contribution in [1.82, 2.24) is 20.4 Å². The lowest BCUT2D eigenvalue weighted by molar-refractivity contribution is -0.137. The van der Waals surface area contributed by atoms with Gasteiger partial charge < -0.3 is 0 Å². The molecule has 0 aliphatic rings. The summed E-state index contributed by atoms with van der Waals surface area (Å²) in [5.41, 5.74) is 0.738. The second kappa shape index (κ2) is 6.25. The molecule has 1 N–H and O–H groups in total. The van der Waals surface area contributed by atoms with Gasteiger partial charge in [0, 0.05) is 5.38 Å². The first-order valence-corrected chi connectivity index (χ1v) is 7.48. The van der Waals surface area contributed by atoms with Crippen LogP contribution in [0.3, 0.4) is 0 Å². The van der Waals surface area contributed by atoms with Crippen LogP contribution in [0, 0.1) is 11.3 Å². The molecule has 0 radical (unpaired) electrons. The number of thiazole rings is 1. The van der Waals surface area contributed by atoms with Gasteiger partial charge in [-0.2, -0.15) is 18.4 Å². The minimum absolute atomic E-state index is 0.203. The van der Waals surface area contributed by atoms with E-state index < -0.39 is 11.7 Å². The Morgan fingerprint density at radius 2 is 2.08 bits per heavy atom. The summed E-state index contributed by atoms with van der Waals surface area (Å²) in [5, 5.41) is 21.0. The summed E-state index contributed by atoms with van der Waals surface area (Å²) in [6.45, 7) is 0. The third-order valence-corrected chi connectivity index (χ3v) is 3.87. The van der Waals surface area contributed by atoms with E-state index in [2.05, 4.69) is 20.4 Å². The maximum atomic E-state index is 12.7. The minimum atomic E-state index is -4.38. The molecule has 0 aliphatic carbocycles. The fourth-order valence-electron chi connectivity index (χ4n) is 1.94. The van der Waals surface area contributed by atoms with E-state index in [4.69, 9.17) is 5.26 Å². The van der Waals surface area contributed by atoms with Gasteiger partial charge in [0.1, 0.15) is 22.5 Å².